The van der Waals surface area contributed by atoms with E-state index in [4.69, 9.17) is 23.2 Å². The van der Waals surface area contributed by atoms with Crippen molar-refractivity contribution < 1.29 is 31.2 Å². The molecule has 4 aromatic carbocycles. The third-order valence-corrected chi connectivity index (χ3v) is 10.5. The molecule has 0 bridgehead atoms. The van der Waals surface area contributed by atoms with E-state index in [1.165, 1.54) is 29.2 Å². The molecule has 7 nitrogen and oxygen atoms in total. The topological polar surface area (TPSA) is 86.8 Å². The number of sulfonamides is 1. The number of aryl methyl sites for hydroxylation is 1. The Morgan fingerprint density at radius 2 is 1.51 bits per heavy atom. The van der Waals surface area contributed by atoms with Crippen molar-refractivity contribution in [3.05, 3.63) is 129 Å². The number of anilines is 1. The summed E-state index contributed by atoms with van der Waals surface area (Å²) in [5, 5.41) is 2.59. The standard InChI is InChI=1S/C36H36Cl2F3N3O4S/c1-4-25(3)42-35(46)33(20-26-10-6-5-7-11-26)43(22-27-12-8-9-13-31(27)37)34(45)23-44(49(47,48)29-17-14-24(2)15-18-29)28-16-19-32(38)30(21-28)36(39,40)41/h5-19,21,25,33H,4,20,22-23H2,1-3H3,(H,42,46)/t25-,33-/m0/s1. The van der Waals surface area contributed by atoms with Crippen LogP contribution in [0.2, 0.25) is 10.0 Å². The molecule has 0 heterocycles. The van der Waals surface area contributed by atoms with E-state index in [1.54, 1.807) is 61.5 Å². The van der Waals surface area contributed by atoms with Gasteiger partial charge in [-0.15, -0.1) is 0 Å². The Hall–Kier alpha value is -4.06. The van der Waals surface area contributed by atoms with Crippen LogP contribution in [0, 0.1) is 6.92 Å². The van der Waals surface area contributed by atoms with E-state index in [1.807, 2.05) is 13.8 Å². The van der Waals surface area contributed by atoms with E-state index < -0.39 is 56.9 Å². The van der Waals surface area contributed by atoms with Crippen LogP contribution in [0.15, 0.2) is 102 Å². The Balaban J connectivity index is 1.88. The molecule has 260 valence electrons. The maximum atomic E-state index is 14.6. The number of nitrogens with zero attached hydrogens (tertiary/aromatic N) is 2. The van der Waals surface area contributed by atoms with Crippen LogP contribution in [0.25, 0.3) is 0 Å². The predicted octanol–water partition coefficient (Wildman–Crippen LogP) is 8.07. The fraction of sp³-hybridized carbons (Fsp3) is 0.278. The number of benzene rings is 4. The fourth-order valence-electron chi connectivity index (χ4n) is 5.06. The van der Waals surface area contributed by atoms with Crippen LogP contribution < -0.4 is 9.62 Å². The lowest BCUT2D eigenvalue weighted by atomic mass is 10.0. The highest BCUT2D eigenvalue weighted by Crippen LogP contribution is 2.38. The number of amides is 2. The van der Waals surface area contributed by atoms with Crippen LogP contribution in [-0.4, -0.2) is 43.8 Å². The largest absolute Gasteiger partial charge is 0.417 e. The second kappa shape index (κ2) is 16.1. The predicted molar refractivity (Wildman–Crippen MR) is 186 cm³/mol. The number of carbonyl (C=O) groups is 2. The van der Waals surface area contributed by atoms with Gasteiger partial charge in [-0.05, 0) is 67.8 Å². The van der Waals surface area contributed by atoms with Crippen molar-refractivity contribution in [3.63, 3.8) is 0 Å². The van der Waals surface area contributed by atoms with Crippen LogP contribution in [-0.2, 0) is 38.8 Å². The molecule has 0 radical (unpaired) electrons. The van der Waals surface area contributed by atoms with E-state index in [0.29, 0.717) is 27.4 Å². The molecule has 0 spiro atoms. The minimum Gasteiger partial charge on any atom is -0.352 e. The van der Waals surface area contributed by atoms with Gasteiger partial charge in [-0.3, -0.25) is 13.9 Å². The van der Waals surface area contributed by atoms with Gasteiger partial charge in [0.25, 0.3) is 10.0 Å². The first kappa shape index (κ1) is 37.8. The van der Waals surface area contributed by atoms with Gasteiger partial charge in [0.2, 0.25) is 11.8 Å². The highest BCUT2D eigenvalue weighted by molar-refractivity contribution is 7.92. The van der Waals surface area contributed by atoms with E-state index in [0.717, 1.165) is 23.3 Å². The summed E-state index contributed by atoms with van der Waals surface area (Å²) in [7, 11) is -4.63. The molecule has 0 aliphatic heterocycles. The van der Waals surface area contributed by atoms with Crippen LogP contribution in [0.1, 0.15) is 42.5 Å². The van der Waals surface area contributed by atoms with Gasteiger partial charge >= 0.3 is 6.18 Å². The molecule has 2 amide bonds. The average molecular weight is 735 g/mol. The smallest absolute Gasteiger partial charge is 0.352 e. The van der Waals surface area contributed by atoms with E-state index >= 15 is 0 Å². The van der Waals surface area contributed by atoms with Gasteiger partial charge in [-0.1, -0.05) is 96.4 Å². The van der Waals surface area contributed by atoms with Crippen molar-refractivity contribution in [1.29, 1.82) is 0 Å². The maximum absolute atomic E-state index is 14.6. The summed E-state index contributed by atoms with van der Waals surface area (Å²) < 4.78 is 70.9. The van der Waals surface area contributed by atoms with Gasteiger partial charge in [-0.25, -0.2) is 8.42 Å². The molecule has 0 aliphatic carbocycles. The highest BCUT2D eigenvalue weighted by Gasteiger charge is 2.38. The third kappa shape index (κ3) is 9.55. The molecule has 4 rings (SSSR count). The lowest BCUT2D eigenvalue weighted by Gasteiger charge is -2.34. The number of carbonyl (C=O) groups excluding carboxylic acids is 2. The quantitative estimate of drug-likeness (QED) is 0.151. The molecule has 0 fully saturated rings. The molecule has 4 aromatic rings. The number of nitrogens with one attached hydrogen (secondary N) is 1. The zero-order chi connectivity index (χ0) is 35.9. The Labute approximate surface area is 294 Å². The molecule has 0 saturated heterocycles. The fourth-order valence-corrected chi connectivity index (χ4v) is 6.88. The molecule has 2 atom stereocenters. The monoisotopic (exact) mass is 733 g/mol. The van der Waals surface area contributed by atoms with Crippen molar-refractivity contribution in [1.82, 2.24) is 10.2 Å². The maximum Gasteiger partial charge on any atom is 0.417 e. The first-order valence-corrected chi connectivity index (χ1v) is 17.6. The summed E-state index contributed by atoms with van der Waals surface area (Å²) in [4.78, 5) is 29.5. The number of hydrogen-bond acceptors (Lipinski definition) is 4. The van der Waals surface area contributed by atoms with Gasteiger partial charge in [0.05, 0.1) is 21.2 Å². The minimum atomic E-state index is -4.92. The van der Waals surface area contributed by atoms with Gasteiger partial charge in [0.1, 0.15) is 12.6 Å². The molecule has 0 unspecified atom stereocenters. The molecule has 0 saturated carbocycles. The Morgan fingerprint density at radius 1 is 0.878 bits per heavy atom. The third-order valence-electron chi connectivity index (χ3n) is 8.00. The van der Waals surface area contributed by atoms with E-state index in [-0.39, 0.29) is 23.9 Å². The van der Waals surface area contributed by atoms with Gasteiger partial charge in [-0.2, -0.15) is 13.2 Å². The average Bonchev–Trinajstić information content (AvgIpc) is 3.06. The molecular weight excluding hydrogens is 698 g/mol. The van der Waals surface area contributed by atoms with Gasteiger partial charge in [0.15, 0.2) is 0 Å². The number of alkyl halides is 3. The first-order chi connectivity index (χ1) is 23.1. The number of hydrogen-bond donors (Lipinski definition) is 1. The summed E-state index contributed by atoms with van der Waals surface area (Å²) in [6.07, 6.45) is -4.26. The summed E-state index contributed by atoms with van der Waals surface area (Å²) in [6, 6.07) is 22.6. The van der Waals surface area contributed by atoms with Gasteiger partial charge < -0.3 is 10.2 Å². The lowest BCUT2D eigenvalue weighted by Crippen LogP contribution is -2.54. The van der Waals surface area contributed by atoms with Crippen LogP contribution in [0.4, 0.5) is 18.9 Å². The lowest BCUT2D eigenvalue weighted by molar-refractivity contribution is -0.140. The number of halogens is 5. The van der Waals surface area contributed by atoms with Gasteiger partial charge in [0, 0.05) is 24.0 Å². The van der Waals surface area contributed by atoms with Crippen molar-refractivity contribution in [2.75, 3.05) is 10.8 Å². The summed E-state index contributed by atoms with van der Waals surface area (Å²) >= 11 is 12.4. The van der Waals surface area contributed by atoms with E-state index in [2.05, 4.69) is 5.32 Å². The van der Waals surface area contributed by atoms with Crippen molar-refractivity contribution in [3.8, 4) is 0 Å². The van der Waals surface area contributed by atoms with E-state index in [9.17, 15) is 31.2 Å². The summed E-state index contributed by atoms with van der Waals surface area (Å²) in [5.74, 6) is -1.34. The first-order valence-electron chi connectivity index (χ1n) is 15.4. The molecule has 1 N–H and O–H groups in total. The molecule has 13 heteroatoms. The van der Waals surface area contributed by atoms with Crippen molar-refractivity contribution >= 4 is 50.7 Å². The summed E-state index contributed by atoms with van der Waals surface area (Å²) in [5.41, 5.74) is 0.235. The zero-order valence-corrected chi connectivity index (χ0v) is 29.4. The second-order valence-electron chi connectivity index (χ2n) is 11.6. The Kier molecular flexibility index (Phi) is 12.4. The second-order valence-corrected chi connectivity index (χ2v) is 14.3. The molecular formula is C36H36Cl2F3N3O4S. The molecule has 49 heavy (non-hydrogen) atoms. The highest BCUT2D eigenvalue weighted by atomic mass is 35.5. The zero-order valence-electron chi connectivity index (χ0n) is 27.0. The Morgan fingerprint density at radius 3 is 2.12 bits per heavy atom. The minimum absolute atomic E-state index is 0.0587. The van der Waals surface area contributed by atoms with Crippen LogP contribution >= 0.6 is 23.2 Å². The molecule has 0 aromatic heterocycles. The van der Waals surface area contributed by atoms with Crippen molar-refractivity contribution in [2.24, 2.45) is 0 Å². The number of rotatable bonds is 13. The Bertz CT molecular complexity index is 1870. The normalized spacial score (nSPS) is 13.0. The molecule has 0 aliphatic rings. The van der Waals surface area contributed by atoms with Crippen molar-refractivity contribution in [2.45, 2.75) is 63.3 Å². The van der Waals surface area contributed by atoms with Crippen LogP contribution in [0.3, 0.4) is 0 Å². The summed E-state index contributed by atoms with van der Waals surface area (Å²) in [6.45, 7) is 4.31. The SMILES string of the molecule is CC[C@H](C)NC(=O)[C@H](Cc1ccccc1)N(Cc1ccccc1Cl)C(=O)CN(c1ccc(Cl)c(C(F)(F)F)c1)S(=O)(=O)c1ccc(C)cc1. The van der Waals surface area contributed by atoms with Crippen LogP contribution in [0.5, 0.6) is 0 Å².